The molecule has 0 bridgehead atoms. The van der Waals surface area contributed by atoms with E-state index in [9.17, 15) is 19.7 Å². The van der Waals surface area contributed by atoms with Gasteiger partial charge in [0.15, 0.2) is 10.8 Å². The Balaban J connectivity index is 1.41. The van der Waals surface area contributed by atoms with Crippen LogP contribution >= 0.6 is 11.3 Å². The molecule has 1 N–H and O–H groups in total. The number of nitrogens with one attached hydrogen (secondary N) is 1. The van der Waals surface area contributed by atoms with E-state index in [-0.39, 0.29) is 30.2 Å². The Hall–Kier alpha value is -3.86. The first-order valence-corrected chi connectivity index (χ1v) is 9.43. The fourth-order valence-electron chi connectivity index (χ4n) is 2.75. The van der Waals surface area contributed by atoms with Crippen molar-refractivity contribution in [3.63, 3.8) is 0 Å². The van der Waals surface area contributed by atoms with E-state index in [1.54, 1.807) is 41.9 Å². The number of hydrogen-bond acceptors (Lipinski definition) is 7. The number of thiazole rings is 1. The first-order valence-electron chi connectivity index (χ1n) is 8.56. The molecule has 1 aromatic carbocycles. The fraction of sp³-hybridized carbons (Fsp3) is 0.111. The van der Waals surface area contributed by atoms with Gasteiger partial charge in [-0.15, -0.1) is 16.4 Å². The van der Waals surface area contributed by atoms with Crippen LogP contribution in [0.4, 0.5) is 10.8 Å². The second kappa shape index (κ2) is 7.64. The molecule has 0 aliphatic heterocycles. The van der Waals surface area contributed by atoms with Crippen LogP contribution in [0.1, 0.15) is 6.42 Å². The lowest BCUT2D eigenvalue weighted by Crippen LogP contribution is -2.24. The lowest BCUT2D eigenvalue weighted by molar-refractivity contribution is -0.384. The number of anilines is 1. The average Bonchev–Trinajstić information content (AvgIpc) is 3.31. The molecule has 10 nitrogen and oxygen atoms in total. The van der Waals surface area contributed by atoms with Gasteiger partial charge in [-0.3, -0.25) is 19.3 Å². The van der Waals surface area contributed by atoms with Crippen molar-refractivity contribution >= 4 is 33.7 Å². The van der Waals surface area contributed by atoms with Crippen LogP contribution < -0.4 is 11.0 Å². The predicted octanol–water partition coefficient (Wildman–Crippen LogP) is 2.56. The van der Waals surface area contributed by atoms with E-state index in [0.717, 1.165) is 0 Å². The summed E-state index contributed by atoms with van der Waals surface area (Å²) in [5, 5.41) is 19.8. The standard InChI is InChI=1S/C18H14N6O4S/c25-16(7-9-23-18(26)22-8-2-1-6-15(22)21-23)20-17-19-14(11-29-17)12-4-3-5-13(10-12)24(27)28/h1-6,8,10-11H,7,9H2,(H,19,20,25). The third-order valence-electron chi connectivity index (χ3n) is 4.14. The number of non-ortho nitro benzene ring substituents is 1. The predicted molar refractivity (Wildman–Crippen MR) is 107 cm³/mol. The minimum absolute atomic E-state index is 0.0287. The second-order valence-corrected chi connectivity index (χ2v) is 6.94. The van der Waals surface area contributed by atoms with Crippen molar-refractivity contribution in [2.75, 3.05) is 5.32 Å². The summed E-state index contributed by atoms with van der Waals surface area (Å²) in [4.78, 5) is 39.2. The zero-order valence-corrected chi connectivity index (χ0v) is 15.7. The maximum atomic E-state index is 12.2. The van der Waals surface area contributed by atoms with Crippen LogP contribution in [0.5, 0.6) is 0 Å². The summed E-state index contributed by atoms with van der Waals surface area (Å²) in [6.45, 7) is 0.134. The largest absolute Gasteiger partial charge is 0.350 e. The number of pyridine rings is 1. The fourth-order valence-corrected chi connectivity index (χ4v) is 3.48. The molecule has 0 spiro atoms. The molecule has 0 saturated carbocycles. The van der Waals surface area contributed by atoms with Crippen molar-refractivity contribution in [2.45, 2.75) is 13.0 Å². The second-order valence-electron chi connectivity index (χ2n) is 6.08. The maximum absolute atomic E-state index is 12.2. The van der Waals surface area contributed by atoms with Crippen LogP contribution in [0.2, 0.25) is 0 Å². The van der Waals surface area contributed by atoms with Crippen molar-refractivity contribution in [3.8, 4) is 11.3 Å². The van der Waals surface area contributed by atoms with Gasteiger partial charge in [0.1, 0.15) is 0 Å². The van der Waals surface area contributed by atoms with Crippen LogP contribution in [0, 0.1) is 10.1 Å². The third kappa shape index (κ3) is 3.89. The number of nitro benzene ring substituents is 1. The average molecular weight is 410 g/mol. The van der Waals surface area contributed by atoms with Crippen molar-refractivity contribution in [1.29, 1.82) is 0 Å². The summed E-state index contributed by atoms with van der Waals surface area (Å²) >= 11 is 1.21. The molecule has 4 rings (SSSR count). The lowest BCUT2D eigenvalue weighted by atomic mass is 10.1. The van der Waals surface area contributed by atoms with Crippen LogP contribution in [-0.4, -0.2) is 30.0 Å². The Morgan fingerprint density at radius 2 is 2.10 bits per heavy atom. The Bertz CT molecular complexity index is 1270. The van der Waals surface area contributed by atoms with Crippen LogP contribution in [0.15, 0.2) is 58.8 Å². The molecule has 0 radical (unpaired) electrons. The number of rotatable bonds is 6. The van der Waals surface area contributed by atoms with Crippen molar-refractivity contribution < 1.29 is 9.72 Å². The highest BCUT2D eigenvalue weighted by Gasteiger charge is 2.13. The van der Waals surface area contributed by atoms with Gasteiger partial charge in [0.05, 0.1) is 17.2 Å². The quantitative estimate of drug-likeness (QED) is 0.385. The smallest absolute Gasteiger partial charge is 0.302 e. The van der Waals surface area contributed by atoms with Gasteiger partial charge in [-0.25, -0.2) is 14.5 Å². The monoisotopic (exact) mass is 410 g/mol. The number of nitro groups is 1. The Kier molecular flexibility index (Phi) is 4.87. The van der Waals surface area contributed by atoms with Crippen molar-refractivity contribution in [3.05, 3.63) is 74.6 Å². The van der Waals surface area contributed by atoms with Gasteiger partial charge in [0.25, 0.3) is 5.69 Å². The number of aryl methyl sites for hydroxylation is 1. The Labute approximate surface area is 167 Å². The molecular formula is C18H14N6O4S. The van der Waals surface area contributed by atoms with Crippen LogP contribution in [0.25, 0.3) is 16.9 Å². The number of nitrogens with zero attached hydrogens (tertiary/aromatic N) is 5. The summed E-state index contributed by atoms with van der Waals surface area (Å²) in [5.74, 6) is -0.311. The Morgan fingerprint density at radius 1 is 1.24 bits per heavy atom. The summed E-state index contributed by atoms with van der Waals surface area (Å²) < 4.78 is 2.65. The van der Waals surface area contributed by atoms with Gasteiger partial charge < -0.3 is 5.32 Å². The number of aromatic nitrogens is 4. The number of hydrogen-bond donors (Lipinski definition) is 1. The molecule has 0 atom stereocenters. The number of fused-ring (bicyclic) bond motifs is 1. The van der Waals surface area contributed by atoms with Crippen molar-refractivity contribution in [1.82, 2.24) is 19.2 Å². The topological polar surface area (TPSA) is 124 Å². The molecule has 4 aromatic rings. The van der Waals surface area contributed by atoms with Gasteiger partial charge >= 0.3 is 5.69 Å². The first kappa shape index (κ1) is 18.5. The normalized spacial score (nSPS) is 10.9. The van der Waals surface area contributed by atoms with E-state index in [1.165, 1.54) is 32.6 Å². The van der Waals surface area contributed by atoms with Gasteiger partial charge in [-0.05, 0) is 12.1 Å². The van der Waals surface area contributed by atoms with E-state index in [4.69, 9.17) is 0 Å². The summed E-state index contributed by atoms with van der Waals surface area (Å²) in [6, 6.07) is 11.3. The molecule has 0 unspecified atom stereocenters. The van der Waals surface area contributed by atoms with E-state index >= 15 is 0 Å². The highest BCUT2D eigenvalue weighted by atomic mass is 32.1. The SMILES string of the molecule is O=C(CCn1nc2ccccn2c1=O)Nc1nc(-c2cccc([N+](=O)[O-])c2)cs1. The molecule has 11 heteroatoms. The molecule has 0 fully saturated rings. The van der Waals surface area contributed by atoms with E-state index in [0.29, 0.717) is 22.0 Å². The van der Waals surface area contributed by atoms with Crippen molar-refractivity contribution in [2.24, 2.45) is 0 Å². The summed E-state index contributed by atoms with van der Waals surface area (Å²) in [5.41, 5.74) is 1.30. The van der Waals surface area contributed by atoms with E-state index in [1.807, 2.05) is 0 Å². The number of benzene rings is 1. The highest BCUT2D eigenvalue weighted by Crippen LogP contribution is 2.27. The molecule has 0 aliphatic rings. The molecule has 3 aromatic heterocycles. The van der Waals surface area contributed by atoms with E-state index in [2.05, 4.69) is 15.4 Å². The summed E-state index contributed by atoms with van der Waals surface area (Å²) in [6.07, 6.45) is 1.67. The molecule has 0 saturated heterocycles. The molecule has 29 heavy (non-hydrogen) atoms. The third-order valence-corrected chi connectivity index (χ3v) is 4.90. The van der Waals surface area contributed by atoms with Gasteiger partial charge in [-0.1, -0.05) is 18.2 Å². The lowest BCUT2D eigenvalue weighted by Gasteiger charge is -2.01. The molecular weight excluding hydrogens is 396 g/mol. The van der Waals surface area contributed by atoms with Gasteiger partial charge in [0.2, 0.25) is 5.91 Å². The zero-order chi connectivity index (χ0) is 20.4. The zero-order valence-electron chi connectivity index (χ0n) is 14.9. The maximum Gasteiger partial charge on any atom is 0.350 e. The molecule has 1 amide bonds. The minimum atomic E-state index is -0.472. The first-order chi connectivity index (χ1) is 14.0. The number of carbonyl (C=O) groups excluding carboxylic acids is 1. The number of carbonyl (C=O) groups is 1. The minimum Gasteiger partial charge on any atom is -0.302 e. The van der Waals surface area contributed by atoms with E-state index < -0.39 is 4.92 Å². The highest BCUT2D eigenvalue weighted by molar-refractivity contribution is 7.14. The Morgan fingerprint density at radius 3 is 2.90 bits per heavy atom. The molecule has 146 valence electrons. The summed E-state index contributed by atoms with van der Waals surface area (Å²) in [7, 11) is 0. The number of amides is 1. The van der Waals surface area contributed by atoms with Gasteiger partial charge in [-0.2, -0.15) is 0 Å². The molecule has 3 heterocycles. The van der Waals surface area contributed by atoms with Crippen LogP contribution in [0.3, 0.4) is 0 Å². The van der Waals surface area contributed by atoms with Crippen LogP contribution in [-0.2, 0) is 11.3 Å². The van der Waals surface area contributed by atoms with Gasteiger partial charge in [0, 0.05) is 35.7 Å². The molecule has 0 aliphatic carbocycles.